The molecular formula is C31H36N2O4Si. The van der Waals surface area contributed by atoms with E-state index in [0.717, 1.165) is 22.4 Å². The summed E-state index contributed by atoms with van der Waals surface area (Å²) in [5, 5.41) is 22.9. The number of nitrogens with zero attached hydrogens (tertiary/aromatic N) is 2. The summed E-state index contributed by atoms with van der Waals surface area (Å²) in [6.07, 6.45) is 10.4. The minimum absolute atomic E-state index is 0.135. The highest BCUT2D eigenvalue weighted by atomic mass is 28.3. The lowest BCUT2D eigenvalue weighted by atomic mass is 9.85. The van der Waals surface area contributed by atoms with E-state index in [-0.39, 0.29) is 17.2 Å². The van der Waals surface area contributed by atoms with Gasteiger partial charge in [-0.3, -0.25) is 4.90 Å². The summed E-state index contributed by atoms with van der Waals surface area (Å²) in [7, 11) is 6.12. The maximum Gasteiger partial charge on any atom is 0.336 e. The molecule has 0 amide bonds. The number of benzene rings is 2. The molecule has 1 unspecified atom stereocenters. The SMILES string of the molecule is Cc1cc(C(=O)O)c(C2=C3C=CC(N(C)C)C=C3[Si]3(CCCCC3)c3cc(N(C)C)ccc32)cc1C(=O)O. The van der Waals surface area contributed by atoms with Gasteiger partial charge in [-0.25, -0.2) is 9.59 Å². The zero-order valence-corrected chi connectivity index (χ0v) is 23.8. The van der Waals surface area contributed by atoms with Gasteiger partial charge in [0, 0.05) is 25.8 Å². The molecule has 6 nitrogen and oxygen atoms in total. The number of hydrogen-bond acceptors (Lipinski definition) is 4. The van der Waals surface area contributed by atoms with Crippen LogP contribution in [0.4, 0.5) is 5.69 Å². The molecule has 0 saturated carbocycles. The summed E-state index contributed by atoms with van der Waals surface area (Å²) in [5.41, 5.74) is 5.31. The predicted octanol–water partition coefficient (Wildman–Crippen LogP) is 5.08. The van der Waals surface area contributed by atoms with Crippen molar-refractivity contribution < 1.29 is 19.8 Å². The topological polar surface area (TPSA) is 81.1 Å². The van der Waals surface area contributed by atoms with Crippen LogP contribution in [0.15, 0.2) is 59.3 Å². The van der Waals surface area contributed by atoms with Crippen molar-refractivity contribution in [2.45, 2.75) is 44.3 Å². The van der Waals surface area contributed by atoms with Crippen LogP contribution in [0.2, 0.25) is 12.1 Å². The molecule has 1 aliphatic carbocycles. The first-order chi connectivity index (χ1) is 18.0. The van der Waals surface area contributed by atoms with Crippen molar-refractivity contribution in [1.82, 2.24) is 4.90 Å². The molecule has 2 heterocycles. The molecule has 5 rings (SSSR count). The Morgan fingerprint density at radius 2 is 1.58 bits per heavy atom. The van der Waals surface area contributed by atoms with Gasteiger partial charge in [-0.2, -0.15) is 0 Å². The number of carboxylic acid groups (broad SMARTS) is 2. The number of aryl methyl sites for hydroxylation is 1. The van der Waals surface area contributed by atoms with E-state index < -0.39 is 20.0 Å². The van der Waals surface area contributed by atoms with Crippen LogP contribution in [-0.2, 0) is 0 Å². The van der Waals surface area contributed by atoms with Crippen molar-refractivity contribution in [3.05, 3.63) is 87.1 Å². The number of carbonyl (C=O) groups is 2. The molecule has 2 N–H and O–H groups in total. The van der Waals surface area contributed by atoms with Crippen LogP contribution in [0.3, 0.4) is 0 Å². The van der Waals surface area contributed by atoms with Crippen molar-refractivity contribution in [1.29, 1.82) is 0 Å². The van der Waals surface area contributed by atoms with Crippen LogP contribution in [-0.4, -0.2) is 69.4 Å². The minimum atomic E-state index is -2.15. The molecule has 7 heteroatoms. The average Bonchev–Trinajstić information content (AvgIpc) is 2.89. The van der Waals surface area contributed by atoms with Crippen molar-refractivity contribution in [3.63, 3.8) is 0 Å². The Kier molecular flexibility index (Phi) is 6.69. The number of carboxylic acids is 2. The first-order valence-electron chi connectivity index (χ1n) is 13.3. The highest BCUT2D eigenvalue weighted by Gasteiger charge is 2.47. The number of hydrogen-bond donors (Lipinski definition) is 2. The van der Waals surface area contributed by atoms with Crippen LogP contribution < -0.4 is 10.1 Å². The van der Waals surface area contributed by atoms with Gasteiger partial charge in [0.25, 0.3) is 0 Å². The van der Waals surface area contributed by atoms with Crippen molar-refractivity contribution in [3.8, 4) is 0 Å². The van der Waals surface area contributed by atoms with E-state index in [1.807, 2.05) is 14.1 Å². The Labute approximate surface area is 225 Å². The van der Waals surface area contributed by atoms with E-state index >= 15 is 0 Å². The highest BCUT2D eigenvalue weighted by Crippen LogP contribution is 2.48. The maximum absolute atomic E-state index is 12.5. The summed E-state index contributed by atoms with van der Waals surface area (Å²) in [6, 6.07) is 12.2. The van der Waals surface area contributed by atoms with Gasteiger partial charge in [0.15, 0.2) is 0 Å². The summed E-state index contributed by atoms with van der Waals surface area (Å²) in [4.78, 5) is 29.0. The quantitative estimate of drug-likeness (QED) is 0.527. The van der Waals surface area contributed by atoms with Crippen molar-refractivity contribution >= 4 is 36.5 Å². The van der Waals surface area contributed by atoms with E-state index in [1.54, 1.807) is 13.0 Å². The summed E-state index contributed by atoms with van der Waals surface area (Å²) in [6.45, 7) is 1.66. The molecule has 0 aromatic heterocycles. The van der Waals surface area contributed by atoms with Gasteiger partial charge >= 0.3 is 11.9 Å². The van der Waals surface area contributed by atoms with Gasteiger partial charge in [0.2, 0.25) is 0 Å². The second-order valence-corrected chi connectivity index (χ2v) is 15.5. The molecular weight excluding hydrogens is 492 g/mol. The molecule has 1 atom stereocenters. The van der Waals surface area contributed by atoms with Gasteiger partial charge in [-0.15, -0.1) is 0 Å². The summed E-state index contributed by atoms with van der Waals surface area (Å²) >= 11 is 0. The summed E-state index contributed by atoms with van der Waals surface area (Å²) in [5.74, 6) is -2.10. The minimum Gasteiger partial charge on any atom is -0.478 e. The molecule has 1 spiro atoms. The smallest absolute Gasteiger partial charge is 0.336 e. The summed E-state index contributed by atoms with van der Waals surface area (Å²) < 4.78 is 0. The lowest BCUT2D eigenvalue weighted by Crippen LogP contribution is -2.56. The second-order valence-electron chi connectivity index (χ2n) is 11.3. The first-order valence-corrected chi connectivity index (χ1v) is 15.7. The second kappa shape index (κ2) is 9.71. The van der Waals surface area contributed by atoms with E-state index in [4.69, 9.17) is 0 Å². The lowest BCUT2D eigenvalue weighted by Gasteiger charge is -2.46. The third-order valence-electron chi connectivity index (χ3n) is 8.58. The van der Waals surface area contributed by atoms with Gasteiger partial charge in [0.05, 0.1) is 11.1 Å². The Hall–Kier alpha value is -3.42. The number of rotatable bonds is 5. The normalized spacial score (nSPS) is 19.7. The van der Waals surface area contributed by atoms with Crippen LogP contribution in [0.25, 0.3) is 5.57 Å². The fraction of sp³-hybridized carbons (Fsp3) is 0.355. The molecule has 2 aliphatic heterocycles. The molecule has 0 radical (unpaired) electrons. The molecule has 3 aliphatic rings. The number of anilines is 1. The standard InChI is InChI=1S/C31H36N2O4Si/c1-19-15-26(31(36)37)25(18-24(19)30(34)35)29-22-11-9-20(32(2)3)16-27(22)38(13-7-6-8-14-38)28-17-21(33(4)5)10-12-23(28)29/h9-12,15-18,20H,6-8,13-14H2,1-5H3,(H,34,35)(H,36,37). The highest BCUT2D eigenvalue weighted by molar-refractivity contribution is 6.99. The van der Waals surface area contributed by atoms with Crippen LogP contribution >= 0.6 is 0 Å². The van der Waals surface area contributed by atoms with Crippen molar-refractivity contribution in [2.75, 3.05) is 33.1 Å². The molecule has 1 saturated heterocycles. The first kappa shape index (κ1) is 26.2. The van der Waals surface area contributed by atoms with Crippen LogP contribution in [0.1, 0.15) is 56.7 Å². The molecule has 0 bridgehead atoms. The lowest BCUT2D eigenvalue weighted by molar-refractivity contribution is 0.0680. The number of aromatic carboxylic acids is 2. The predicted molar refractivity (Wildman–Crippen MR) is 155 cm³/mol. The Bertz CT molecular complexity index is 1430. The van der Waals surface area contributed by atoms with Crippen LogP contribution in [0.5, 0.6) is 0 Å². The average molecular weight is 529 g/mol. The molecule has 198 valence electrons. The van der Waals surface area contributed by atoms with Crippen molar-refractivity contribution in [2.24, 2.45) is 0 Å². The largest absolute Gasteiger partial charge is 0.478 e. The van der Waals surface area contributed by atoms with E-state index in [0.29, 0.717) is 11.1 Å². The Balaban J connectivity index is 1.92. The zero-order chi connectivity index (χ0) is 27.4. The van der Waals surface area contributed by atoms with E-state index in [2.05, 4.69) is 60.3 Å². The molecule has 38 heavy (non-hydrogen) atoms. The maximum atomic E-state index is 12.5. The third-order valence-corrected chi connectivity index (χ3v) is 13.9. The molecule has 1 fully saturated rings. The zero-order valence-electron chi connectivity index (χ0n) is 22.8. The number of allylic oxidation sites excluding steroid dienone is 3. The molecule has 2 aromatic carbocycles. The van der Waals surface area contributed by atoms with Gasteiger partial charge in [-0.1, -0.05) is 43.6 Å². The third kappa shape index (κ3) is 4.14. The Morgan fingerprint density at radius 3 is 2.18 bits per heavy atom. The van der Waals surface area contributed by atoms with Gasteiger partial charge in [-0.05, 0) is 95.6 Å². The van der Waals surface area contributed by atoms with Gasteiger partial charge in [0.1, 0.15) is 8.07 Å². The monoisotopic (exact) mass is 528 g/mol. The molecule has 2 aromatic rings. The number of likely N-dealkylation sites (N-methyl/N-ethyl adjacent to an activating group) is 1. The fourth-order valence-electron chi connectivity index (χ4n) is 6.58. The van der Waals surface area contributed by atoms with Gasteiger partial charge < -0.3 is 15.1 Å². The number of fused-ring (bicyclic) bond motifs is 4. The van der Waals surface area contributed by atoms with E-state index in [1.165, 1.54) is 47.8 Å². The Morgan fingerprint density at radius 1 is 0.895 bits per heavy atom. The van der Waals surface area contributed by atoms with E-state index in [9.17, 15) is 19.8 Å². The fourth-order valence-corrected chi connectivity index (χ4v) is 12.3. The van der Waals surface area contributed by atoms with Crippen LogP contribution in [0, 0.1) is 6.92 Å².